The van der Waals surface area contributed by atoms with Crippen molar-refractivity contribution in [3.05, 3.63) is 89.5 Å². The topological polar surface area (TPSA) is 104 Å². The van der Waals surface area contributed by atoms with Gasteiger partial charge in [0, 0.05) is 16.9 Å². The Kier molecular flexibility index (Phi) is 6.71. The van der Waals surface area contributed by atoms with Crippen molar-refractivity contribution in [1.29, 1.82) is 0 Å². The number of nitrogens with one attached hydrogen (secondary N) is 3. The molecule has 0 saturated heterocycles. The third-order valence-electron chi connectivity index (χ3n) is 4.53. The van der Waals surface area contributed by atoms with Crippen LogP contribution in [0, 0.1) is 13.8 Å². The average molecular weight is 438 g/mol. The predicted octanol–water partition coefficient (Wildman–Crippen LogP) is 3.47. The minimum Gasteiger partial charge on any atom is -0.343 e. The van der Waals surface area contributed by atoms with E-state index in [0.717, 1.165) is 5.56 Å². The van der Waals surface area contributed by atoms with E-state index in [2.05, 4.69) is 15.4 Å². The molecular weight excluding hydrogens is 414 g/mol. The fourth-order valence-electron chi connectivity index (χ4n) is 2.83. The molecule has 7 nitrogen and oxygen atoms in total. The number of aryl methyl sites for hydroxylation is 2. The zero-order chi connectivity index (χ0) is 22.4. The van der Waals surface area contributed by atoms with Gasteiger partial charge < -0.3 is 10.6 Å². The Labute approximate surface area is 181 Å². The first-order chi connectivity index (χ1) is 14.7. The minimum absolute atomic E-state index is 0.0439. The van der Waals surface area contributed by atoms with Crippen LogP contribution in [0.5, 0.6) is 0 Å². The number of amides is 2. The third kappa shape index (κ3) is 5.93. The lowest BCUT2D eigenvalue weighted by atomic mass is 10.1. The van der Waals surface area contributed by atoms with Gasteiger partial charge in [-0.05, 0) is 55.8 Å². The second-order valence-corrected chi connectivity index (χ2v) is 8.73. The van der Waals surface area contributed by atoms with Gasteiger partial charge in [-0.15, -0.1) is 0 Å². The Morgan fingerprint density at radius 2 is 1.52 bits per heavy atom. The average Bonchev–Trinajstić information content (AvgIpc) is 2.74. The fourth-order valence-corrected chi connectivity index (χ4v) is 3.92. The van der Waals surface area contributed by atoms with E-state index < -0.39 is 15.9 Å². The van der Waals surface area contributed by atoms with Crippen molar-refractivity contribution in [3.8, 4) is 0 Å². The van der Waals surface area contributed by atoms with Crippen molar-refractivity contribution < 1.29 is 18.0 Å². The lowest BCUT2D eigenvalue weighted by Crippen LogP contribution is -2.33. The summed E-state index contributed by atoms with van der Waals surface area (Å²) in [6, 6.07) is 20.1. The molecule has 3 aromatic rings. The molecule has 8 heteroatoms. The van der Waals surface area contributed by atoms with Crippen LogP contribution in [0.2, 0.25) is 0 Å². The number of carbonyl (C=O) groups is 2. The predicted molar refractivity (Wildman–Crippen MR) is 121 cm³/mol. The molecule has 0 saturated carbocycles. The van der Waals surface area contributed by atoms with Crippen molar-refractivity contribution in [3.63, 3.8) is 0 Å². The van der Waals surface area contributed by atoms with Gasteiger partial charge in [-0.25, -0.2) is 8.42 Å². The molecule has 0 aliphatic carbocycles. The quantitative estimate of drug-likeness (QED) is 0.526. The Morgan fingerprint density at radius 1 is 0.839 bits per heavy atom. The van der Waals surface area contributed by atoms with Crippen LogP contribution in [0.25, 0.3) is 0 Å². The second kappa shape index (κ2) is 9.44. The maximum Gasteiger partial charge on any atom is 0.261 e. The van der Waals surface area contributed by atoms with Crippen LogP contribution in [0.3, 0.4) is 0 Å². The van der Waals surface area contributed by atoms with E-state index in [-0.39, 0.29) is 22.9 Å². The number of carbonyl (C=O) groups excluding carboxylic acids is 2. The van der Waals surface area contributed by atoms with Crippen LogP contribution in [0.15, 0.2) is 77.7 Å². The SMILES string of the molecule is Cc1ccc(NS(=O)(=O)c2ccc(C)c(C(=O)NCC(=O)Nc3ccccc3)c2)cc1. The Morgan fingerprint density at radius 3 is 2.19 bits per heavy atom. The molecule has 0 aromatic heterocycles. The van der Waals surface area contributed by atoms with Gasteiger partial charge in [0.25, 0.3) is 15.9 Å². The van der Waals surface area contributed by atoms with Crippen molar-refractivity contribution in [1.82, 2.24) is 5.32 Å². The molecule has 0 heterocycles. The Hall–Kier alpha value is -3.65. The summed E-state index contributed by atoms with van der Waals surface area (Å²) in [6.45, 7) is 3.36. The molecule has 160 valence electrons. The van der Waals surface area contributed by atoms with Crippen molar-refractivity contribution >= 4 is 33.2 Å². The molecule has 0 aliphatic heterocycles. The highest BCUT2D eigenvalue weighted by Gasteiger charge is 2.19. The highest BCUT2D eigenvalue weighted by molar-refractivity contribution is 7.92. The van der Waals surface area contributed by atoms with Crippen molar-refractivity contribution in [2.75, 3.05) is 16.6 Å². The summed E-state index contributed by atoms with van der Waals surface area (Å²) in [4.78, 5) is 24.6. The molecule has 2 amide bonds. The molecule has 0 bridgehead atoms. The highest BCUT2D eigenvalue weighted by atomic mass is 32.2. The molecule has 0 fully saturated rings. The third-order valence-corrected chi connectivity index (χ3v) is 5.91. The molecule has 3 aromatic carbocycles. The zero-order valence-electron chi connectivity index (χ0n) is 17.2. The standard InChI is InChI=1S/C23H23N3O4S/c1-16-8-11-19(12-9-16)26-31(29,30)20-13-10-17(2)21(14-20)23(28)24-15-22(27)25-18-6-4-3-5-7-18/h3-14,26H,15H2,1-2H3,(H,24,28)(H,25,27). The summed E-state index contributed by atoms with van der Waals surface area (Å²) in [7, 11) is -3.88. The molecule has 3 rings (SSSR count). The molecule has 0 spiro atoms. The van der Waals surface area contributed by atoms with Crippen LogP contribution in [0.1, 0.15) is 21.5 Å². The normalized spacial score (nSPS) is 10.9. The summed E-state index contributed by atoms with van der Waals surface area (Å²) in [6.07, 6.45) is 0. The van der Waals surface area contributed by atoms with Crippen LogP contribution in [-0.2, 0) is 14.8 Å². The number of para-hydroxylation sites is 1. The van der Waals surface area contributed by atoms with Crippen molar-refractivity contribution in [2.24, 2.45) is 0 Å². The van der Waals surface area contributed by atoms with Crippen LogP contribution < -0.4 is 15.4 Å². The van der Waals surface area contributed by atoms with Crippen LogP contribution in [-0.4, -0.2) is 26.8 Å². The van der Waals surface area contributed by atoms with E-state index in [0.29, 0.717) is 16.9 Å². The number of hydrogen-bond donors (Lipinski definition) is 3. The van der Waals surface area contributed by atoms with Gasteiger partial charge in [0.2, 0.25) is 5.91 Å². The summed E-state index contributed by atoms with van der Waals surface area (Å²) in [5.74, 6) is -0.921. The zero-order valence-corrected chi connectivity index (χ0v) is 18.0. The largest absolute Gasteiger partial charge is 0.343 e. The molecule has 0 atom stereocenters. The smallest absolute Gasteiger partial charge is 0.261 e. The molecule has 0 radical (unpaired) electrons. The first kappa shape index (κ1) is 22.0. The first-order valence-corrected chi connectivity index (χ1v) is 11.1. The number of benzene rings is 3. The van der Waals surface area contributed by atoms with Gasteiger partial charge >= 0.3 is 0 Å². The van der Waals surface area contributed by atoms with Gasteiger partial charge in [0.15, 0.2) is 0 Å². The molecule has 0 unspecified atom stereocenters. The minimum atomic E-state index is -3.88. The first-order valence-electron chi connectivity index (χ1n) is 9.58. The Bertz CT molecular complexity index is 1190. The van der Waals surface area contributed by atoms with E-state index in [1.807, 2.05) is 13.0 Å². The van der Waals surface area contributed by atoms with Gasteiger partial charge in [0.05, 0.1) is 11.4 Å². The number of hydrogen-bond acceptors (Lipinski definition) is 4. The highest BCUT2D eigenvalue weighted by Crippen LogP contribution is 2.20. The van der Waals surface area contributed by atoms with Crippen LogP contribution in [0.4, 0.5) is 11.4 Å². The second-order valence-electron chi connectivity index (χ2n) is 7.05. The molecular formula is C23H23N3O4S. The van der Waals surface area contributed by atoms with Gasteiger partial charge in [0.1, 0.15) is 0 Å². The lowest BCUT2D eigenvalue weighted by Gasteiger charge is -2.12. The maximum atomic E-state index is 12.7. The van der Waals surface area contributed by atoms with Gasteiger partial charge in [-0.3, -0.25) is 14.3 Å². The fraction of sp³-hybridized carbons (Fsp3) is 0.130. The number of sulfonamides is 1. The maximum absolute atomic E-state index is 12.7. The van der Waals surface area contributed by atoms with E-state index >= 15 is 0 Å². The molecule has 3 N–H and O–H groups in total. The van der Waals surface area contributed by atoms with E-state index in [1.54, 1.807) is 61.5 Å². The van der Waals surface area contributed by atoms with E-state index in [4.69, 9.17) is 0 Å². The summed E-state index contributed by atoms with van der Waals surface area (Å²) in [5, 5.41) is 5.20. The summed E-state index contributed by atoms with van der Waals surface area (Å²) in [5.41, 5.74) is 2.83. The summed E-state index contributed by atoms with van der Waals surface area (Å²) < 4.78 is 28.0. The molecule has 31 heavy (non-hydrogen) atoms. The number of anilines is 2. The monoisotopic (exact) mass is 437 g/mol. The number of rotatable bonds is 7. The molecule has 0 aliphatic rings. The Balaban J connectivity index is 1.70. The van der Waals surface area contributed by atoms with Crippen LogP contribution >= 0.6 is 0 Å². The van der Waals surface area contributed by atoms with Gasteiger partial charge in [-0.1, -0.05) is 42.0 Å². The van der Waals surface area contributed by atoms with E-state index in [1.165, 1.54) is 12.1 Å². The lowest BCUT2D eigenvalue weighted by molar-refractivity contribution is -0.115. The van der Waals surface area contributed by atoms with Crippen molar-refractivity contribution in [2.45, 2.75) is 18.7 Å². The summed E-state index contributed by atoms with van der Waals surface area (Å²) >= 11 is 0. The van der Waals surface area contributed by atoms with Gasteiger partial charge in [-0.2, -0.15) is 0 Å². The van der Waals surface area contributed by atoms with E-state index in [9.17, 15) is 18.0 Å².